The molecule has 0 saturated heterocycles. The summed E-state index contributed by atoms with van der Waals surface area (Å²) in [4.78, 5) is 4.40. The lowest BCUT2D eigenvalue weighted by atomic mass is 10.2. The second kappa shape index (κ2) is 9.30. The molecule has 0 aromatic heterocycles. The number of hydrogen-bond acceptors (Lipinski definition) is 4. The van der Waals surface area contributed by atoms with E-state index in [1.165, 1.54) is 5.56 Å². The summed E-state index contributed by atoms with van der Waals surface area (Å²) in [5, 5.41) is 0. The highest BCUT2D eigenvalue weighted by Crippen LogP contribution is 2.25. The predicted octanol–water partition coefficient (Wildman–Crippen LogP) is 3.27. The first-order valence-electron chi connectivity index (χ1n) is 8.25. The quantitative estimate of drug-likeness (QED) is 0.705. The molecule has 2 aromatic rings. The number of benzene rings is 2. The van der Waals surface area contributed by atoms with Crippen molar-refractivity contribution in [1.82, 2.24) is 9.80 Å². The summed E-state index contributed by atoms with van der Waals surface area (Å²) in [6, 6.07) is 16.5. The fraction of sp³-hybridized carbons (Fsp3) is 0.400. The molecule has 0 aliphatic rings. The van der Waals surface area contributed by atoms with Gasteiger partial charge in [-0.15, -0.1) is 0 Å². The van der Waals surface area contributed by atoms with E-state index in [9.17, 15) is 0 Å². The van der Waals surface area contributed by atoms with Gasteiger partial charge in [-0.3, -0.25) is 4.90 Å². The van der Waals surface area contributed by atoms with E-state index >= 15 is 0 Å². The molecule has 0 amide bonds. The third kappa shape index (κ3) is 5.87. The summed E-state index contributed by atoms with van der Waals surface area (Å²) in [7, 11) is 7.91. The highest BCUT2D eigenvalue weighted by Gasteiger charge is 2.08. The lowest BCUT2D eigenvalue weighted by Gasteiger charge is -2.19. The van der Waals surface area contributed by atoms with Crippen LogP contribution in [-0.4, -0.2) is 51.2 Å². The molecule has 0 spiro atoms. The third-order valence-corrected chi connectivity index (χ3v) is 3.78. The molecule has 0 atom stereocenters. The maximum atomic E-state index is 6.02. The molecule has 0 saturated carbocycles. The Labute approximate surface area is 145 Å². The Morgan fingerprint density at radius 3 is 2.33 bits per heavy atom. The topological polar surface area (TPSA) is 24.9 Å². The van der Waals surface area contributed by atoms with Crippen LogP contribution in [0.2, 0.25) is 0 Å². The molecule has 0 aliphatic carbocycles. The van der Waals surface area contributed by atoms with Gasteiger partial charge in [-0.1, -0.05) is 30.3 Å². The first-order chi connectivity index (χ1) is 11.6. The molecule has 130 valence electrons. The number of likely N-dealkylation sites (N-methyl/N-ethyl adjacent to an activating group) is 1. The van der Waals surface area contributed by atoms with E-state index in [4.69, 9.17) is 9.47 Å². The van der Waals surface area contributed by atoms with Crippen molar-refractivity contribution in [3.05, 3.63) is 59.7 Å². The van der Waals surface area contributed by atoms with Crippen molar-refractivity contribution in [2.24, 2.45) is 0 Å². The van der Waals surface area contributed by atoms with E-state index in [1.807, 2.05) is 24.3 Å². The van der Waals surface area contributed by atoms with Gasteiger partial charge in [-0.25, -0.2) is 0 Å². The van der Waals surface area contributed by atoms with Crippen molar-refractivity contribution in [2.45, 2.75) is 13.1 Å². The minimum atomic E-state index is 0.663. The Morgan fingerprint density at radius 2 is 1.67 bits per heavy atom. The van der Waals surface area contributed by atoms with Crippen molar-refractivity contribution in [3.8, 4) is 11.5 Å². The minimum absolute atomic E-state index is 0.663. The van der Waals surface area contributed by atoms with Crippen LogP contribution >= 0.6 is 0 Å². The van der Waals surface area contributed by atoms with Crippen LogP contribution in [0.4, 0.5) is 0 Å². The van der Waals surface area contributed by atoms with Gasteiger partial charge in [0.2, 0.25) is 0 Å². The van der Waals surface area contributed by atoms with Gasteiger partial charge in [-0.05, 0) is 44.9 Å². The Kier molecular flexibility index (Phi) is 7.09. The largest absolute Gasteiger partial charge is 0.497 e. The average molecular weight is 328 g/mol. The van der Waals surface area contributed by atoms with E-state index in [0.29, 0.717) is 6.61 Å². The standard InChI is InChI=1S/C20H28N2O2/c1-21(2)16-18-14-19(23-4)10-11-20(18)24-13-12-22(3)15-17-8-6-5-7-9-17/h5-11,14H,12-13,15-16H2,1-4H3. The zero-order valence-electron chi connectivity index (χ0n) is 15.2. The van der Waals surface area contributed by atoms with Crippen molar-refractivity contribution in [3.63, 3.8) is 0 Å². The van der Waals surface area contributed by atoms with E-state index in [2.05, 4.69) is 55.2 Å². The normalized spacial score (nSPS) is 11.1. The molecule has 2 aromatic carbocycles. The highest BCUT2D eigenvalue weighted by atomic mass is 16.5. The molecule has 0 heterocycles. The Balaban J connectivity index is 1.89. The summed E-state index contributed by atoms with van der Waals surface area (Å²) in [6.45, 7) is 3.29. The van der Waals surface area contributed by atoms with Crippen LogP contribution < -0.4 is 9.47 Å². The summed E-state index contributed by atoms with van der Waals surface area (Å²) < 4.78 is 11.3. The van der Waals surface area contributed by atoms with E-state index in [0.717, 1.165) is 36.7 Å². The van der Waals surface area contributed by atoms with Gasteiger partial charge in [0.25, 0.3) is 0 Å². The SMILES string of the molecule is COc1ccc(OCCN(C)Cc2ccccc2)c(CN(C)C)c1. The van der Waals surface area contributed by atoms with Crippen LogP contribution in [0.15, 0.2) is 48.5 Å². The van der Waals surface area contributed by atoms with Crippen molar-refractivity contribution < 1.29 is 9.47 Å². The first kappa shape index (κ1) is 18.3. The second-order valence-corrected chi connectivity index (χ2v) is 6.28. The van der Waals surface area contributed by atoms with E-state index < -0.39 is 0 Å². The molecular weight excluding hydrogens is 300 g/mol. The zero-order chi connectivity index (χ0) is 17.4. The number of ether oxygens (including phenoxy) is 2. The van der Waals surface area contributed by atoms with Crippen LogP contribution in [0.3, 0.4) is 0 Å². The van der Waals surface area contributed by atoms with Gasteiger partial charge in [0.15, 0.2) is 0 Å². The number of hydrogen-bond donors (Lipinski definition) is 0. The Bertz CT molecular complexity index is 614. The maximum Gasteiger partial charge on any atom is 0.124 e. The van der Waals surface area contributed by atoms with Gasteiger partial charge in [-0.2, -0.15) is 0 Å². The van der Waals surface area contributed by atoms with Crippen LogP contribution in [-0.2, 0) is 13.1 Å². The molecule has 0 unspecified atom stereocenters. The predicted molar refractivity (Wildman–Crippen MR) is 98.7 cm³/mol. The molecule has 0 N–H and O–H groups in total. The maximum absolute atomic E-state index is 6.02. The lowest BCUT2D eigenvalue weighted by Crippen LogP contribution is -2.24. The molecule has 4 nitrogen and oxygen atoms in total. The van der Waals surface area contributed by atoms with Gasteiger partial charge in [0.05, 0.1) is 7.11 Å². The number of methoxy groups -OCH3 is 1. The Morgan fingerprint density at radius 1 is 0.917 bits per heavy atom. The molecule has 24 heavy (non-hydrogen) atoms. The minimum Gasteiger partial charge on any atom is -0.497 e. The number of nitrogens with zero attached hydrogens (tertiary/aromatic N) is 2. The molecular formula is C20H28N2O2. The molecule has 0 radical (unpaired) electrons. The second-order valence-electron chi connectivity index (χ2n) is 6.28. The lowest BCUT2D eigenvalue weighted by molar-refractivity contribution is 0.229. The summed E-state index contributed by atoms with van der Waals surface area (Å²) in [6.07, 6.45) is 0. The monoisotopic (exact) mass is 328 g/mol. The van der Waals surface area contributed by atoms with Gasteiger partial charge in [0.1, 0.15) is 18.1 Å². The first-order valence-corrected chi connectivity index (χ1v) is 8.25. The van der Waals surface area contributed by atoms with Crippen LogP contribution in [0, 0.1) is 0 Å². The van der Waals surface area contributed by atoms with E-state index in [-0.39, 0.29) is 0 Å². The Hall–Kier alpha value is -2.04. The fourth-order valence-electron chi connectivity index (χ4n) is 2.57. The fourth-order valence-corrected chi connectivity index (χ4v) is 2.57. The number of rotatable bonds is 9. The average Bonchev–Trinajstić information content (AvgIpc) is 2.56. The summed E-state index contributed by atoms with van der Waals surface area (Å²) in [5.74, 6) is 1.79. The van der Waals surface area contributed by atoms with Crippen LogP contribution in [0.1, 0.15) is 11.1 Å². The third-order valence-electron chi connectivity index (χ3n) is 3.78. The van der Waals surface area contributed by atoms with Gasteiger partial charge < -0.3 is 14.4 Å². The summed E-state index contributed by atoms with van der Waals surface area (Å²) >= 11 is 0. The van der Waals surface area contributed by atoms with Crippen LogP contribution in [0.5, 0.6) is 11.5 Å². The van der Waals surface area contributed by atoms with Gasteiger partial charge in [0, 0.05) is 25.2 Å². The van der Waals surface area contributed by atoms with E-state index in [1.54, 1.807) is 7.11 Å². The van der Waals surface area contributed by atoms with Crippen molar-refractivity contribution >= 4 is 0 Å². The molecule has 2 rings (SSSR count). The molecule has 0 bridgehead atoms. The molecule has 0 aliphatic heterocycles. The zero-order valence-corrected chi connectivity index (χ0v) is 15.2. The molecule has 0 fully saturated rings. The summed E-state index contributed by atoms with van der Waals surface area (Å²) in [5.41, 5.74) is 2.46. The van der Waals surface area contributed by atoms with Crippen molar-refractivity contribution in [2.75, 3.05) is 41.4 Å². The van der Waals surface area contributed by atoms with Crippen molar-refractivity contribution in [1.29, 1.82) is 0 Å². The smallest absolute Gasteiger partial charge is 0.124 e. The van der Waals surface area contributed by atoms with Crippen LogP contribution in [0.25, 0.3) is 0 Å². The molecule has 4 heteroatoms. The highest BCUT2D eigenvalue weighted by molar-refractivity contribution is 5.40. The van der Waals surface area contributed by atoms with Gasteiger partial charge >= 0.3 is 0 Å².